The molecule has 0 radical (unpaired) electrons. The quantitative estimate of drug-likeness (QED) is 0.857. The number of methoxy groups -OCH3 is 1. The summed E-state index contributed by atoms with van der Waals surface area (Å²) in [5.41, 5.74) is 1.23. The van der Waals surface area contributed by atoms with E-state index in [1.807, 2.05) is 6.07 Å². The highest BCUT2D eigenvalue weighted by Crippen LogP contribution is 2.32. The Morgan fingerprint density at radius 1 is 1.50 bits per heavy atom. The minimum atomic E-state index is -2.52. The first-order chi connectivity index (χ1) is 8.52. The van der Waals surface area contributed by atoms with Crippen molar-refractivity contribution in [2.75, 3.05) is 20.2 Å². The van der Waals surface area contributed by atoms with Crippen LogP contribution in [-0.2, 0) is 6.42 Å². The standard InChI is InChI=1S/C12H12BrF2NO2/c1-18-9-5-8(13)4-7-2-3-16(6-10(14)15)12(17)11(7)9/h4-5,10H,2-3,6H2,1H3. The zero-order valence-corrected chi connectivity index (χ0v) is 11.3. The lowest BCUT2D eigenvalue weighted by atomic mass is 9.98. The molecule has 1 aliphatic heterocycles. The minimum absolute atomic E-state index is 0.315. The van der Waals surface area contributed by atoms with Crippen LogP contribution in [0.2, 0.25) is 0 Å². The van der Waals surface area contributed by atoms with Crippen molar-refractivity contribution < 1.29 is 18.3 Å². The van der Waals surface area contributed by atoms with E-state index in [1.54, 1.807) is 6.07 Å². The monoisotopic (exact) mass is 319 g/mol. The second-order valence-corrected chi connectivity index (χ2v) is 4.95. The molecule has 1 aromatic carbocycles. The van der Waals surface area contributed by atoms with Crippen molar-refractivity contribution in [3.8, 4) is 5.75 Å². The summed E-state index contributed by atoms with van der Waals surface area (Å²) in [4.78, 5) is 13.3. The van der Waals surface area contributed by atoms with Crippen LogP contribution in [0.3, 0.4) is 0 Å². The molecule has 0 aromatic heterocycles. The number of benzene rings is 1. The molecular formula is C12H12BrF2NO2. The number of hydrogen-bond donors (Lipinski definition) is 0. The van der Waals surface area contributed by atoms with Gasteiger partial charge < -0.3 is 9.64 Å². The van der Waals surface area contributed by atoms with Crippen LogP contribution in [0.1, 0.15) is 15.9 Å². The first-order valence-corrected chi connectivity index (χ1v) is 6.26. The van der Waals surface area contributed by atoms with Gasteiger partial charge >= 0.3 is 0 Å². The fourth-order valence-corrected chi connectivity index (χ4v) is 2.58. The summed E-state index contributed by atoms with van der Waals surface area (Å²) < 4.78 is 30.7. The maximum atomic E-state index is 12.4. The number of nitrogens with zero attached hydrogens (tertiary/aromatic N) is 1. The smallest absolute Gasteiger partial charge is 0.258 e. The third-order valence-electron chi connectivity index (χ3n) is 2.88. The Kier molecular flexibility index (Phi) is 3.85. The fourth-order valence-electron chi connectivity index (χ4n) is 2.09. The van der Waals surface area contributed by atoms with Crippen LogP contribution < -0.4 is 4.74 Å². The summed E-state index contributed by atoms with van der Waals surface area (Å²) in [6.45, 7) is -0.215. The van der Waals surface area contributed by atoms with Crippen molar-refractivity contribution in [3.05, 3.63) is 27.7 Å². The van der Waals surface area contributed by atoms with E-state index in [9.17, 15) is 13.6 Å². The van der Waals surface area contributed by atoms with Gasteiger partial charge in [0.05, 0.1) is 19.2 Å². The highest BCUT2D eigenvalue weighted by molar-refractivity contribution is 9.10. The molecule has 98 valence electrons. The van der Waals surface area contributed by atoms with Gasteiger partial charge in [0.2, 0.25) is 0 Å². The number of rotatable bonds is 3. The molecule has 1 aromatic rings. The zero-order valence-electron chi connectivity index (χ0n) is 9.75. The van der Waals surface area contributed by atoms with Crippen LogP contribution in [0, 0.1) is 0 Å². The Morgan fingerprint density at radius 3 is 2.83 bits per heavy atom. The second kappa shape index (κ2) is 5.22. The summed E-state index contributed by atoms with van der Waals surface area (Å²) >= 11 is 3.33. The van der Waals surface area contributed by atoms with Crippen molar-refractivity contribution in [1.82, 2.24) is 4.90 Å². The molecule has 0 saturated heterocycles. The summed E-state index contributed by atoms with van der Waals surface area (Å²) in [6, 6.07) is 3.50. The molecule has 1 amide bonds. The van der Waals surface area contributed by atoms with E-state index in [2.05, 4.69) is 15.9 Å². The molecule has 1 aliphatic rings. The lowest BCUT2D eigenvalue weighted by molar-refractivity contribution is 0.0534. The van der Waals surface area contributed by atoms with Crippen molar-refractivity contribution in [2.45, 2.75) is 12.8 Å². The average molecular weight is 320 g/mol. The van der Waals surface area contributed by atoms with Gasteiger partial charge in [-0.25, -0.2) is 8.78 Å². The predicted octanol–water partition coefficient (Wildman–Crippen LogP) is 2.72. The van der Waals surface area contributed by atoms with Crippen LogP contribution in [0.4, 0.5) is 8.78 Å². The number of ether oxygens (including phenoxy) is 1. The lowest BCUT2D eigenvalue weighted by Gasteiger charge is -2.29. The summed E-state index contributed by atoms with van der Waals surface area (Å²) in [5, 5.41) is 0. The number of hydrogen-bond acceptors (Lipinski definition) is 2. The highest BCUT2D eigenvalue weighted by Gasteiger charge is 2.29. The first-order valence-electron chi connectivity index (χ1n) is 5.46. The van der Waals surface area contributed by atoms with E-state index in [0.29, 0.717) is 24.3 Å². The van der Waals surface area contributed by atoms with Crippen LogP contribution in [0.5, 0.6) is 5.75 Å². The second-order valence-electron chi connectivity index (χ2n) is 4.03. The molecule has 0 saturated carbocycles. The van der Waals surface area contributed by atoms with Gasteiger partial charge in [-0.3, -0.25) is 4.79 Å². The summed E-state index contributed by atoms with van der Waals surface area (Å²) in [7, 11) is 1.46. The number of halogens is 3. The third kappa shape index (κ3) is 2.48. The van der Waals surface area contributed by atoms with Crippen LogP contribution in [-0.4, -0.2) is 37.4 Å². The minimum Gasteiger partial charge on any atom is -0.496 e. The number of carbonyl (C=O) groups excluding carboxylic acids is 1. The molecule has 0 fully saturated rings. The van der Waals surface area contributed by atoms with Gasteiger partial charge in [0.25, 0.3) is 12.3 Å². The molecule has 0 unspecified atom stereocenters. The molecule has 2 rings (SSSR count). The highest BCUT2D eigenvalue weighted by atomic mass is 79.9. The van der Waals surface area contributed by atoms with Crippen molar-refractivity contribution >= 4 is 21.8 Å². The van der Waals surface area contributed by atoms with Gasteiger partial charge in [0.1, 0.15) is 5.75 Å². The van der Waals surface area contributed by atoms with E-state index in [0.717, 1.165) is 10.0 Å². The van der Waals surface area contributed by atoms with Crippen LogP contribution in [0.25, 0.3) is 0 Å². The fraction of sp³-hybridized carbons (Fsp3) is 0.417. The number of fused-ring (bicyclic) bond motifs is 1. The largest absolute Gasteiger partial charge is 0.496 e. The molecule has 6 heteroatoms. The van der Waals surface area contributed by atoms with Crippen LogP contribution in [0.15, 0.2) is 16.6 Å². The SMILES string of the molecule is COc1cc(Br)cc2c1C(=O)N(CC(F)F)CC2. The molecule has 0 bridgehead atoms. The van der Waals surface area contributed by atoms with Gasteiger partial charge in [-0.05, 0) is 24.1 Å². The predicted molar refractivity (Wildman–Crippen MR) is 66.3 cm³/mol. The van der Waals surface area contributed by atoms with E-state index in [1.165, 1.54) is 12.0 Å². The van der Waals surface area contributed by atoms with Crippen molar-refractivity contribution in [1.29, 1.82) is 0 Å². The maximum absolute atomic E-state index is 12.4. The zero-order chi connectivity index (χ0) is 13.3. The Labute approximate surface area is 112 Å². The Hall–Kier alpha value is -1.17. The molecular weight excluding hydrogens is 308 g/mol. The number of amides is 1. The van der Waals surface area contributed by atoms with Gasteiger partial charge in [0.15, 0.2) is 0 Å². The summed E-state index contributed by atoms with van der Waals surface area (Å²) in [5.74, 6) is 0.0317. The van der Waals surface area contributed by atoms with Crippen molar-refractivity contribution in [3.63, 3.8) is 0 Å². The molecule has 0 atom stereocenters. The summed E-state index contributed by atoms with van der Waals surface area (Å²) in [6.07, 6.45) is -1.96. The molecule has 18 heavy (non-hydrogen) atoms. The Morgan fingerprint density at radius 2 is 2.22 bits per heavy atom. The van der Waals surface area contributed by atoms with Gasteiger partial charge in [-0.1, -0.05) is 15.9 Å². The molecule has 1 heterocycles. The van der Waals surface area contributed by atoms with Crippen LogP contribution >= 0.6 is 15.9 Å². The van der Waals surface area contributed by atoms with Gasteiger partial charge in [-0.15, -0.1) is 0 Å². The molecule has 3 nitrogen and oxygen atoms in total. The Balaban J connectivity index is 2.39. The van der Waals surface area contributed by atoms with E-state index in [-0.39, 0.29) is 5.91 Å². The Bertz CT molecular complexity index is 462. The number of alkyl halides is 2. The van der Waals surface area contributed by atoms with Crippen molar-refractivity contribution in [2.24, 2.45) is 0 Å². The molecule has 0 N–H and O–H groups in total. The maximum Gasteiger partial charge on any atom is 0.258 e. The first kappa shape index (κ1) is 13.3. The lowest BCUT2D eigenvalue weighted by Crippen LogP contribution is -2.40. The van der Waals surface area contributed by atoms with Gasteiger partial charge in [0, 0.05) is 11.0 Å². The third-order valence-corrected chi connectivity index (χ3v) is 3.34. The topological polar surface area (TPSA) is 29.5 Å². The molecule has 0 spiro atoms. The van der Waals surface area contributed by atoms with E-state index in [4.69, 9.17) is 4.74 Å². The normalized spacial score (nSPS) is 14.9. The van der Waals surface area contributed by atoms with Gasteiger partial charge in [-0.2, -0.15) is 0 Å². The van der Waals surface area contributed by atoms with E-state index >= 15 is 0 Å². The van der Waals surface area contributed by atoms with E-state index < -0.39 is 13.0 Å². The number of carbonyl (C=O) groups is 1. The molecule has 0 aliphatic carbocycles. The average Bonchev–Trinajstić information content (AvgIpc) is 2.31.